The van der Waals surface area contributed by atoms with E-state index in [1.165, 1.54) is 0 Å². The molecule has 24 heavy (non-hydrogen) atoms. The maximum atomic E-state index is 10.4. The van der Waals surface area contributed by atoms with Gasteiger partial charge in [0.15, 0.2) is 0 Å². The zero-order chi connectivity index (χ0) is 19.6. The van der Waals surface area contributed by atoms with Crippen LogP contribution in [0.25, 0.3) is 0 Å². The van der Waals surface area contributed by atoms with Crippen LogP contribution in [-0.2, 0) is 27.0 Å². The molecule has 1 aromatic carbocycles. The van der Waals surface area contributed by atoms with Crippen LogP contribution in [0.5, 0.6) is 5.75 Å². The molecule has 0 amide bonds. The maximum Gasteiger partial charge on any atom is 0.123 e. The van der Waals surface area contributed by atoms with Gasteiger partial charge in [0, 0.05) is 9.47 Å². The summed E-state index contributed by atoms with van der Waals surface area (Å²) in [6.45, 7) is 18.8. The van der Waals surface area contributed by atoms with Gasteiger partial charge in [0.2, 0.25) is 0 Å². The number of benzene rings is 1. The van der Waals surface area contributed by atoms with Crippen LogP contribution in [0.4, 0.5) is 0 Å². The Bertz CT molecular complexity index is 422. The van der Waals surface area contributed by atoms with E-state index >= 15 is 0 Å². The Balaban J connectivity index is 0. The Hall–Kier alpha value is -0.670. The molecular weight excluding hydrogens is 323 g/mol. The van der Waals surface area contributed by atoms with Crippen molar-refractivity contribution in [1.29, 1.82) is 0 Å². The average Bonchev–Trinajstić information content (AvgIpc) is 2.48. The first-order chi connectivity index (χ1) is 11.0. The van der Waals surface area contributed by atoms with Gasteiger partial charge in [0.1, 0.15) is 5.75 Å². The largest absolute Gasteiger partial charge is 0.507 e. The predicted octanol–water partition coefficient (Wildman–Crippen LogP) is 5.25. The summed E-state index contributed by atoms with van der Waals surface area (Å²) >= 11 is 0. The van der Waals surface area contributed by atoms with E-state index in [0.717, 1.165) is 16.7 Å². The van der Waals surface area contributed by atoms with E-state index in [4.69, 9.17) is 0 Å². The number of aromatic hydroxyl groups is 1. The second kappa shape index (κ2) is 11.8. The lowest BCUT2D eigenvalue weighted by Gasteiger charge is -2.28. The highest BCUT2D eigenvalue weighted by Gasteiger charge is 2.26. The van der Waals surface area contributed by atoms with Gasteiger partial charge in [-0.05, 0) is 46.6 Å². The zero-order valence-corrected chi connectivity index (χ0v) is 18.0. The molecule has 4 nitrogen and oxygen atoms in total. The van der Waals surface area contributed by atoms with Crippen LogP contribution in [0.15, 0.2) is 12.1 Å². The van der Waals surface area contributed by atoms with Gasteiger partial charge in [-0.2, -0.15) is 0 Å². The van der Waals surface area contributed by atoms with Crippen molar-refractivity contribution in [2.75, 3.05) is 6.61 Å². The van der Waals surface area contributed by atoms with Gasteiger partial charge in [-0.1, -0.05) is 55.4 Å². The van der Waals surface area contributed by atoms with Crippen molar-refractivity contribution in [3.63, 3.8) is 0 Å². The Morgan fingerprint density at radius 3 is 1.50 bits per heavy atom. The highest BCUT2D eigenvalue weighted by molar-refractivity contribution is 7.09. The van der Waals surface area contributed by atoms with Gasteiger partial charge in [-0.15, -0.1) is 0 Å². The van der Waals surface area contributed by atoms with E-state index in [1.54, 1.807) is 0 Å². The number of aliphatic hydroxyl groups is 1. The Morgan fingerprint density at radius 1 is 0.958 bits per heavy atom. The van der Waals surface area contributed by atoms with E-state index in [-0.39, 0.29) is 17.4 Å². The van der Waals surface area contributed by atoms with Crippen molar-refractivity contribution >= 4 is 9.47 Å². The van der Waals surface area contributed by atoms with Gasteiger partial charge in [-0.3, -0.25) is 0 Å². The quantitative estimate of drug-likeness (QED) is 0.439. The fourth-order valence-corrected chi connectivity index (χ4v) is 2.13. The van der Waals surface area contributed by atoms with Crippen LogP contribution in [0.3, 0.4) is 0 Å². The summed E-state index contributed by atoms with van der Waals surface area (Å²) in [5.41, 5.74) is 2.39. The third-order valence-electron chi connectivity index (χ3n) is 3.15. The summed E-state index contributed by atoms with van der Waals surface area (Å²) < 4.78 is 4.11. The summed E-state index contributed by atoms with van der Waals surface area (Å²) in [7, 11) is 1.98. The minimum Gasteiger partial charge on any atom is -0.507 e. The molecule has 0 aliphatic heterocycles. The Labute approximate surface area is 150 Å². The normalized spacial score (nSPS) is 11.1. The summed E-state index contributed by atoms with van der Waals surface area (Å²) in [5, 5.41) is 19.7. The average molecular weight is 360 g/mol. The van der Waals surface area contributed by atoms with Crippen LogP contribution >= 0.6 is 9.47 Å². The number of hydrogen-bond donors (Lipinski definition) is 2. The van der Waals surface area contributed by atoms with Crippen LogP contribution in [-0.4, -0.2) is 16.8 Å². The van der Waals surface area contributed by atoms with E-state index in [1.807, 2.05) is 42.4 Å². The fraction of sp³-hybridized carbons (Fsp3) is 0.684. The topological polar surface area (TPSA) is 58.9 Å². The van der Waals surface area contributed by atoms with E-state index < -0.39 is 0 Å². The molecule has 1 rings (SSSR count). The van der Waals surface area contributed by atoms with Crippen molar-refractivity contribution in [3.05, 3.63) is 28.8 Å². The van der Waals surface area contributed by atoms with E-state index in [0.29, 0.717) is 12.4 Å². The molecule has 0 bridgehead atoms. The molecule has 1 unspecified atom stereocenters. The SMILES string of the molecule is CC.CC(C)(C)c1cc(CO)cc(C(C)(C)C)c1O.CCOOP. The molecule has 5 heteroatoms. The first-order valence-corrected chi connectivity index (χ1v) is 8.92. The standard InChI is InChI=1S/C15H24O2.C2H7O2P.C2H6/c1-14(2,3)11-7-10(9-16)8-12(13(11)17)15(4,5)6;1-2-3-4-5;1-2/h7-8,16-17H,9H2,1-6H3;2,5H2,1H3;1-2H3. The molecule has 0 radical (unpaired) electrons. The monoisotopic (exact) mass is 360 g/mol. The molecule has 0 heterocycles. The van der Waals surface area contributed by atoms with Crippen LogP contribution in [0.2, 0.25) is 0 Å². The Morgan fingerprint density at radius 2 is 1.33 bits per heavy atom. The van der Waals surface area contributed by atoms with Gasteiger partial charge < -0.3 is 10.2 Å². The molecule has 1 atom stereocenters. The van der Waals surface area contributed by atoms with Gasteiger partial charge in [-0.25, -0.2) is 9.56 Å². The molecule has 0 saturated carbocycles. The lowest BCUT2D eigenvalue weighted by atomic mass is 9.78. The highest BCUT2D eigenvalue weighted by Crippen LogP contribution is 2.39. The smallest absolute Gasteiger partial charge is 0.123 e. The van der Waals surface area contributed by atoms with Crippen molar-refractivity contribution in [3.8, 4) is 5.75 Å². The van der Waals surface area contributed by atoms with E-state index in [9.17, 15) is 10.2 Å². The summed E-state index contributed by atoms with van der Waals surface area (Å²) in [6, 6.07) is 3.79. The number of phenols is 1. The number of rotatable bonds is 3. The molecule has 0 aromatic heterocycles. The van der Waals surface area contributed by atoms with Gasteiger partial charge in [0.25, 0.3) is 0 Å². The van der Waals surface area contributed by atoms with Crippen molar-refractivity contribution in [2.24, 2.45) is 0 Å². The lowest BCUT2D eigenvalue weighted by molar-refractivity contribution is -0.187. The molecule has 2 N–H and O–H groups in total. The molecule has 0 spiro atoms. The number of phenolic OH excluding ortho intramolecular Hbond substituents is 1. The third-order valence-corrected chi connectivity index (χ3v) is 3.29. The van der Waals surface area contributed by atoms with E-state index in [2.05, 4.69) is 51.1 Å². The van der Waals surface area contributed by atoms with Crippen LogP contribution in [0.1, 0.15) is 79.0 Å². The predicted molar refractivity (Wildman–Crippen MR) is 105 cm³/mol. The molecule has 0 fully saturated rings. The molecule has 0 saturated heterocycles. The second-order valence-corrected chi connectivity index (χ2v) is 7.39. The van der Waals surface area contributed by atoms with Crippen molar-refractivity contribution < 1.29 is 19.8 Å². The highest BCUT2D eigenvalue weighted by atomic mass is 31.0. The summed E-state index contributed by atoms with van der Waals surface area (Å²) in [6.07, 6.45) is 0. The first-order valence-electron chi connectivity index (χ1n) is 8.45. The Kier molecular flexibility index (Phi) is 12.6. The molecule has 0 aliphatic carbocycles. The summed E-state index contributed by atoms with van der Waals surface area (Å²) in [5.74, 6) is 0.363. The fourth-order valence-electron chi connectivity index (χ4n) is 2.00. The van der Waals surface area contributed by atoms with Gasteiger partial charge in [0.05, 0.1) is 13.2 Å². The summed E-state index contributed by atoms with van der Waals surface area (Å²) in [4.78, 5) is 4.30. The second-order valence-electron chi connectivity index (χ2n) is 7.20. The van der Waals surface area contributed by atoms with Gasteiger partial charge >= 0.3 is 0 Å². The minimum atomic E-state index is -0.130. The molecule has 1 aromatic rings. The zero-order valence-electron chi connectivity index (χ0n) is 16.9. The van der Waals surface area contributed by atoms with Crippen LogP contribution < -0.4 is 0 Å². The van der Waals surface area contributed by atoms with Crippen molar-refractivity contribution in [1.82, 2.24) is 0 Å². The van der Waals surface area contributed by atoms with Crippen molar-refractivity contribution in [2.45, 2.75) is 79.8 Å². The third kappa shape index (κ3) is 8.98. The lowest BCUT2D eigenvalue weighted by Crippen LogP contribution is -2.17. The number of hydrogen-bond acceptors (Lipinski definition) is 4. The minimum absolute atomic E-state index is 0.00639. The molecular formula is C19H37O4P. The maximum absolute atomic E-state index is 10.4. The number of aliphatic hydroxyl groups excluding tert-OH is 1. The molecule has 142 valence electrons. The van der Waals surface area contributed by atoms with Crippen LogP contribution in [0, 0.1) is 0 Å². The first kappa shape index (κ1) is 25.6. The molecule has 0 aliphatic rings.